The van der Waals surface area contributed by atoms with Gasteiger partial charge in [0.15, 0.2) is 52.4 Å². The van der Waals surface area contributed by atoms with Crippen LogP contribution in [0.2, 0.25) is 0 Å². The summed E-state index contributed by atoms with van der Waals surface area (Å²) in [5.74, 6) is -25.2. The van der Waals surface area contributed by atoms with Crippen molar-refractivity contribution in [3.8, 4) is 39.6 Å². The molecule has 8 rings (SSSR count). The smallest absolute Gasteiger partial charge is 0.200 e. The molecular formula is C35H15F10N3O. The van der Waals surface area contributed by atoms with Gasteiger partial charge in [-0.1, -0.05) is 38.1 Å². The van der Waals surface area contributed by atoms with Gasteiger partial charge in [0.05, 0.1) is 45.5 Å². The van der Waals surface area contributed by atoms with Crippen molar-refractivity contribution in [2.75, 3.05) is 0 Å². The Bertz CT molecular complexity index is 2460. The molecule has 0 unspecified atom stereocenters. The molecule has 0 spiro atoms. The highest BCUT2D eigenvalue weighted by Gasteiger charge is 2.37. The zero-order valence-electron chi connectivity index (χ0n) is 24.7. The molecule has 3 aromatic heterocycles. The van der Waals surface area contributed by atoms with Crippen molar-refractivity contribution in [1.82, 2.24) is 14.5 Å². The molecule has 49 heavy (non-hydrogen) atoms. The lowest BCUT2D eigenvalue weighted by Gasteiger charge is -2.31. The first-order valence-electron chi connectivity index (χ1n) is 14.3. The van der Waals surface area contributed by atoms with Gasteiger partial charge < -0.3 is 8.98 Å². The maximum atomic E-state index is 15.0. The molecule has 0 amide bonds. The van der Waals surface area contributed by atoms with Crippen molar-refractivity contribution in [2.45, 2.75) is 19.3 Å². The number of para-hydroxylation sites is 1. The van der Waals surface area contributed by atoms with Gasteiger partial charge >= 0.3 is 0 Å². The Labute approximate surface area is 267 Å². The van der Waals surface area contributed by atoms with Crippen LogP contribution in [-0.2, 0) is 5.41 Å². The number of hydrogen-bond acceptors (Lipinski definition) is 3. The van der Waals surface area contributed by atoms with Crippen molar-refractivity contribution in [3.63, 3.8) is 0 Å². The van der Waals surface area contributed by atoms with Gasteiger partial charge in [0.1, 0.15) is 6.26 Å². The number of hydrogen-bond donors (Lipinski definition) is 0. The lowest BCUT2D eigenvalue weighted by Crippen LogP contribution is -2.24. The monoisotopic (exact) mass is 683 g/mol. The minimum absolute atomic E-state index is 0.0699. The van der Waals surface area contributed by atoms with Crippen LogP contribution >= 0.6 is 0 Å². The van der Waals surface area contributed by atoms with E-state index >= 15 is 8.78 Å². The van der Waals surface area contributed by atoms with Crippen molar-refractivity contribution >= 4 is 21.8 Å². The van der Waals surface area contributed by atoms with Gasteiger partial charge in [-0.3, -0.25) is 0 Å². The maximum Gasteiger partial charge on any atom is 0.200 e. The molecule has 0 atom stereocenters. The second kappa shape index (κ2) is 10.2. The van der Waals surface area contributed by atoms with E-state index in [0.29, 0.717) is 10.9 Å². The summed E-state index contributed by atoms with van der Waals surface area (Å²) in [6.45, 7) is 4.04. The Balaban J connectivity index is 1.45. The van der Waals surface area contributed by atoms with E-state index < -0.39 is 91.9 Å². The standard InChI is InChI=1S/C35H15F10N3O/c1-35(2)15-5-3-4-13-14-8-12(6-7-19(14)48(33(13)15)20-11-49-10-16(20)35)17-9-18(21-23(36)27(40)31(44)28(41)24(21)37)47-34(46-17)22-25(38)29(42)32(45)30(43)26(22)39/h3-11H,1-2H3. The van der Waals surface area contributed by atoms with Gasteiger partial charge in [0.25, 0.3) is 0 Å². The number of fused-ring (bicyclic) bond motifs is 5. The molecule has 1 aliphatic heterocycles. The predicted octanol–water partition coefficient (Wildman–Crippen LogP) is 10.2. The fourth-order valence-corrected chi connectivity index (χ4v) is 6.52. The third-order valence-corrected chi connectivity index (χ3v) is 8.94. The van der Waals surface area contributed by atoms with Crippen LogP contribution in [0.1, 0.15) is 25.0 Å². The van der Waals surface area contributed by atoms with Gasteiger partial charge in [-0.2, -0.15) is 0 Å². The van der Waals surface area contributed by atoms with E-state index in [4.69, 9.17) is 4.42 Å². The molecule has 0 bridgehead atoms. The molecule has 246 valence electrons. The summed E-state index contributed by atoms with van der Waals surface area (Å²) in [5, 5.41) is 1.30. The Hall–Kier alpha value is -5.66. The number of benzene rings is 4. The average Bonchev–Trinajstić information content (AvgIpc) is 3.71. The fraction of sp³-hybridized carbons (Fsp3) is 0.0857. The number of nitrogens with zero attached hydrogens (tertiary/aromatic N) is 3. The number of rotatable bonds is 3. The van der Waals surface area contributed by atoms with Crippen molar-refractivity contribution in [1.29, 1.82) is 0 Å². The Morgan fingerprint density at radius 3 is 1.78 bits per heavy atom. The maximum absolute atomic E-state index is 15.0. The van der Waals surface area contributed by atoms with Crippen LogP contribution in [-0.4, -0.2) is 14.5 Å². The molecule has 7 aromatic rings. The van der Waals surface area contributed by atoms with E-state index in [2.05, 4.69) is 9.97 Å². The summed E-state index contributed by atoms with van der Waals surface area (Å²) in [6.07, 6.45) is 3.22. The molecular weight excluding hydrogens is 668 g/mol. The summed E-state index contributed by atoms with van der Waals surface area (Å²) in [7, 11) is 0. The zero-order valence-corrected chi connectivity index (χ0v) is 24.7. The van der Waals surface area contributed by atoms with Crippen molar-refractivity contribution < 1.29 is 48.3 Å². The second-order valence-electron chi connectivity index (χ2n) is 11.9. The molecule has 0 aliphatic carbocycles. The van der Waals surface area contributed by atoms with Crippen molar-refractivity contribution in [3.05, 3.63) is 124 Å². The van der Waals surface area contributed by atoms with Crippen LogP contribution < -0.4 is 0 Å². The Morgan fingerprint density at radius 1 is 0.571 bits per heavy atom. The Morgan fingerprint density at radius 2 is 1.14 bits per heavy atom. The zero-order chi connectivity index (χ0) is 34.8. The fourth-order valence-electron chi connectivity index (χ4n) is 6.52. The molecule has 0 saturated carbocycles. The van der Waals surface area contributed by atoms with E-state index in [1.807, 2.05) is 36.6 Å². The van der Waals surface area contributed by atoms with E-state index in [-0.39, 0.29) is 5.56 Å². The topological polar surface area (TPSA) is 43.9 Å². The van der Waals surface area contributed by atoms with Crippen LogP contribution in [0, 0.1) is 58.2 Å². The average molecular weight is 684 g/mol. The second-order valence-corrected chi connectivity index (χ2v) is 11.9. The highest BCUT2D eigenvalue weighted by Crippen LogP contribution is 2.48. The first-order valence-corrected chi connectivity index (χ1v) is 14.3. The molecule has 1 aliphatic rings. The molecule has 0 radical (unpaired) electrons. The highest BCUT2D eigenvalue weighted by molar-refractivity contribution is 6.12. The van der Waals surface area contributed by atoms with Gasteiger partial charge in [-0.15, -0.1) is 0 Å². The normalized spacial score (nSPS) is 13.5. The summed E-state index contributed by atoms with van der Waals surface area (Å²) < 4.78 is 152. The summed E-state index contributed by atoms with van der Waals surface area (Å²) in [4.78, 5) is 7.53. The third-order valence-electron chi connectivity index (χ3n) is 8.94. The SMILES string of the molecule is CC1(C)c2cocc2-n2c3ccc(-c4cc(-c5c(F)c(F)c(F)c(F)c5F)nc(-c5c(F)c(F)c(F)c(F)c5F)n4)cc3c3cccc1c32. The molecule has 4 nitrogen and oxygen atoms in total. The third kappa shape index (κ3) is 3.99. The molecule has 4 heterocycles. The van der Waals surface area contributed by atoms with Crippen LogP contribution in [0.3, 0.4) is 0 Å². The summed E-state index contributed by atoms with van der Waals surface area (Å²) >= 11 is 0. The first kappa shape index (κ1) is 30.7. The summed E-state index contributed by atoms with van der Waals surface area (Å²) in [5.41, 5.74) is -1.16. The van der Waals surface area contributed by atoms with Crippen LogP contribution in [0.5, 0.6) is 0 Å². The van der Waals surface area contributed by atoms with E-state index in [1.54, 1.807) is 24.7 Å². The lowest BCUT2D eigenvalue weighted by atomic mass is 9.76. The molecule has 0 N–H and O–H groups in total. The predicted molar refractivity (Wildman–Crippen MR) is 157 cm³/mol. The van der Waals surface area contributed by atoms with Crippen LogP contribution in [0.15, 0.2) is 59.4 Å². The van der Waals surface area contributed by atoms with Crippen LogP contribution in [0.25, 0.3) is 61.4 Å². The minimum atomic E-state index is -2.50. The van der Waals surface area contributed by atoms with Crippen LogP contribution in [0.4, 0.5) is 43.9 Å². The van der Waals surface area contributed by atoms with E-state index in [9.17, 15) is 35.1 Å². The minimum Gasteiger partial charge on any atom is -0.470 e. The lowest BCUT2D eigenvalue weighted by molar-refractivity contribution is 0.380. The first-order chi connectivity index (χ1) is 23.2. The molecule has 4 aromatic carbocycles. The van der Waals surface area contributed by atoms with E-state index in [1.165, 1.54) is 6.07 Å². The van der Waals surface area contributed by atoms with Gasteiger partial charge in [-0.25, -0.2) is 53.9 Å². The number of furan rings is 1. The van der Waals surface area contributed by atoms with Gasteiger partial charge in [-0.05, 0) is 23.8 Å². The summed E-state index contributed by atoms with van der Waals surface area (Å²) in [6, 6.07) is 11.0. The molecule has 14 heteroatoms. The van der Waals surface area contributed by atoms with Gasteiger partial charge in [0, 0.05) is 27.3 Å². The van der Waals surface area contributed by atoms with Crippen molar-refractivity contribution in [2.24, 2.45) is 0 Å². The number of halogens is 10. The Kier molecular flexibility index (Phi) is 6.36. The molecule has 0 saturated heterocycles. The van der Waals surface area contributed by atoms with Gasteiger partial charge in [0.2, 0.25) is 11.6 Å². The quantitative estimate of drug-likeness (QED) is 0.106. The molecule has 0 fully saturated rings. The van der Waals surface area contributed by atoms with E-state index in [0.717, 1.165) is 33.8 Å². The highest BCUT2D eigenvalue weighted by atomic mass is 19.2. The number of aromatic nitrogens is 3. The largest absolute Gasteiger partial charge is 0.470 e.